The Hall–Kier alpha value is -1.23. The standard InChI is InChI=1S/C13H18BrN3O/c1-9-3-2-6-17(8-9)10-4-5-11(12(14)7-10)13(15)16-18/h4-5,7,9,18H,2-3,6,8H2,1H3,(H2,15,16). The largest absolute Gasteiger partial charge is 0.409 e. The Morgan fingerprint density at radius 2 is 2.33 bits per heavy atom. The van der Waals surface area contributed by atoms with E-state index in [0.717, 1.165) is 23.5 Å². The zero-order chi connectivity index (χ0) is 13.1. The summed E-state index contributed by atoms with van der Waals surface area (Å²) in [5.41, 5.74) is 7.50. The lowest BCUT2D eigenvalue weighted by Gasteiger charge is -2.33. The minimum Gasteiger partial charge on any atom is -0.409 e. The van der Waals surface area contributed by atoms with Crippen molar-refractivity contribution in [3.8, 4) is 0 Å². The fourth-order valence-electron chi connectivity index (χ4n) is 2.39. The van der Waals surface area contributed by atoms with Crippen molar-refractivity contribution in [2.75, 3.05) is 18.0 Å². The molecule has 1 aromatic rings. The molecule has 1 atom stereocenters. The molecule has 1 heterocycles. The van der Waals surface area contributed by atoms with E-state index in [9.17, 15) is 0 Å². The van der Waals surface area contributed by atoms with Gasteiger partial charge < -0.3 is 15.8 Å². The lowest BCUT2D eigenvalue weighted by Crippen LogP contribution is -2.34. The summed E-state index contributed by atoms with van der Waals surface area (Å²) in [7, 11) is 0. The number of hydrogen-bond acceptors (Lipinski definition) is 3. The van der Waals surface area contributed by atoms with E-state index >= 15 is 0 Å². The van der Waals surface area contributed by atoms with Crippen molar-refractivity contribution in [2.24, 2.45) is 16.8 Å². The topological polar surface area (TPSA) is 61.8 Å². The first-order valence-electron chi connectivity index (χ1n) is 6.14. The van der Waals surface area contributed by atoms with Gasteiger partial charge in [0.15, 0.2) is 5.84 Å². The SMILES string of the molecule is CC1CCCN(c2ccc(/C(N)=N/O)c(Br)c2)C1. The van der Waals surface area contributed by atoms with Gasteiger partial charge in [-0.05, 0) is 52.9 Å². The van der Waals surface area contributed by atoms with Gasteiger partial charge in [0.25, 0.3) is 0 Å². The van der Waals surface area contributed by atoms with Crippen LogP contribution in [0.3, 0.4) is 0 Å². The number of hydrogen-bond donors (Lipinski definition) is 2. The molecule has 5 heteroatoms. The van der Waals surface area contributed by atoms with Crippen molar-refractivity contribution in [1.82, 2.24) is 0 Å². The van der Waals surface area contributed by atoms with Crippen molar-refractivity contribution in [2.45, 2.75) is 19.8 Å². The van der Waals surface area contributed by atoms with Gasteiger partial charge in [0.05, 0.1) is 0 Å². The minimum atomic E-state index is 0.125. The van der Waals surface area contributed by atoms with Crippen LogP contribution >= 0.6 is 15.9 Å². The van der Waals surface area contributed by atoms with E-state index in [1.165, 1.54) is 18.5 Å². The summed E-state index contributed by atoms with van der Waals surface area (Å²) in [5.74, 6) is 0.863. The van der Waals surface area contributed by atoms with Gasteiger partial charge in [-0.1, -0.05) is 12.1 Å². The number of nitrogens with two attached hydrogens (primary N) is 1. The second-order valence-electron chi connectivity index (χ2n) is 4.84. The van der Waals surface area contributed by atoms with Crippen LogP contribution in [0, 0.1) is 5.92 Å². The Bertz CT molecular complexity index is 462. The number of anilines is 1. The Morgan fingerprint density at radius 3 is 2.94 bits per heavy atom. The zero-order valence-electron chi connectivity index (χ0n) is 10.4. The third-order valence-corrected chi connectivity index (χ3v) is 4.01. The predicted octanol–water partition coefficient (Wildman–Crippen LogP) is 2.78. The Labute approximate surface area is 116 Å². The predicted molar refractivity (Wildman–Crippen MR) is 77.3 cm³/mol. The first-order chi connectivity index (χ1) is 8.61. The van der Waals surface area contributed by atoms with Crippen molar-refractivity contribution < 1.29 is 5.21 Å². The molecule has 2 rings (SSSR count). The van der Waals surface area contributed by atoms with Crippen LogP contribution in [0.2, 0.25) is 0 Å². The molecule has 0 aliphatic carbocycles. The summed E-state index contributed by atoms with van der Waals surface area (Å²) in [5, 5.41) is 11.7. The van der Waals surface area contributed by atoms with Gasteiger partial charge in [-0.25, -0.2) is 0 Å². The molecule has 0 bridgehead atoms. The molecule has 0 amide bonds. The van der Waals surface area contributed by atoms with E-state index in [4.69, 9.17) is 10.9 Å². The molecule has 0 radical (unpaired) electrons. The smallest absolute Gasteiger partial charge is 0.171 e. The molecule has 0 spiro atoms. The first-order valence-corrected chi connectivity index (χ1v) is 6.93. The summed E-state index contributed by atoms with van der Waals surface area (Å²) in [6, 6.07) is 5.94. The summed E-state index contributed by atoms with van der Waals surface area (Å²) < 4.78 is 0.855. The number of rotatable bonds is 2. The van der Waals surface area contributed by atoms with E-state index < -0.39 is 0 Å². The van der Waals surface area contributed by atoms with Gasteiger partial charge in [-0.3, -0.25) is 0 Å². The van der Waals surface area contributed by atoms with Gasteiger partial charge in [0.1, 0.15) is 0 Å². The van der Waals surface area contributed by atoms with Gasteiger partial charge in [0.2, 0.25) is 0 Å². The van der Waals surface area contributed by atoms with E-state index in [0.29, 0.717) is 5.56 Å². The molecule has 4 nitrogen and oxygen atoms in total. The molecule has 0 saturated carbocycles. The summed E-state index contributed by atoms with van der Waals surface area (Å²) >= 11 is 3.47. The number of oxime groups is 1. The quantitative estimate of drug-likeness (QED) is 0.382. The molecule has 0 aromatic heterocycles. The van der Waals surface area contributed by atoms with Crippen molar-refractivity contribution in [1.29, 1.82) is 0 Å². The van der Waals surface area contributed by atoms with Crippen LogP contribution in [0.1, 0.15) is 25.3 Å². The van der Waals surface area contributed by atoms with Crippen LogP contribution in [-0.4, -0.2) is 24.1 Å². The number of benzene rings is 1. The highest BCUT2D eigenvalue weighted by Crippen LogP contribution is 2.27. The molecule has 1 aliphatic rings. The van der Waals surface area contributed by atoms with Crippen molar-refractivity contribution in [3.63, 3.8) is 0 Å². The number of halogens is 1. The lowest BCUT2D eigenvalue weighted by atomic mass is 9.99. The highest BCUT2D eigenvalue weighted by Gasteiger charge is 2.17. The van der Waals surface area contributed by atoms with Gasteiger partial charge in [0, 0.05) is 28.8 Å². The monoisotopic (exact) mass is 311 g/mol. The van der Waals surface area contributed by atoms with Crippen molar-refractivity contribution >= 4 is 27.5 Å². The van der Waals surface area contributed by atoms with Crippen LogP contribution < -0.4 is 10.6 Å². The van der Waals surface area contributed by atoms with Crippen molar-refractivity contribution in [3.05, 3.63) is 28.2 Å². The molecule has 1 saturated heterocycles. The van der Waals surface area contributed by atoms with Crippen LogP contribution in [0.5, 0.6) is 0 Å². The molecular formula is C13H18BrN3O. The van der Waals surface area contributed by atoms with Gasteiger partial charge >= 0.3 is 0 Å². The van der Waals surface area contributed by atoms with E-state index in [1.807, 2.05) is 18.2 Å². The fourth-order valence-corrected chi connectivity index (χ4v) is 2.96. The molecule has 98 valence electrons. The fraction of sp³-hybridized carbons (Fsp3) is 0.462. The van der Waals surface area contributed by atoms with Crippen LogP contribution in [0.4, 0.5) is 5.69 Å². The minimum absolute atomic E-state index is 0.125. The Morgan fingerprint density at radius 1 is 1.56 bits per heavy atom. The maximum absolute atomic E-state index is 8.70. The molecule has 3 N–H and O–H groups in total. The summed E-state index contributed by atoms with van der Waals surface area (Å²) in [6.45, 7) is 4.47. The third-order valence-electron chi connectivity index (χ3n) is 3.36. The molecule has 1 aliphatic heterocycles. The molecular weight excluding hydrogens is 294 g/mol. The highest BCUT2D eigenvalue weighted by atomic mass is 79.9. The zero-order valence-corrected chi connectivity index (χ0v) is 12.0. The number of amidine groups is 1. The molecule has 18 heavy (non-hydrogen) atoms. The van der Waals surface area contributed by atoms with Crippen LogP contribution in [0.15, 0.2) is 27.8 Å². The second kappa shape index (κ2) is 5.61. The van der Waals surface area contributed by atoms with E-state index in [2.05, 4.69) is 32.9 Å². The Balaban J connectivity index is 2.23. The average molecular weight is 312 g/mol. The Kier molecular flexibility index (Phi) is 4.11. The van der Waals surface area contributed by atoms with E-state index in [-0.39, 0.29) is 5.84 Å². The van der Waals surface area contributed by atoms with Gasteiger partial charge in [-0.15, -0.1) is 0 Å². The molecule has 1 unspecified atom stereocenters. The average Bonchev–Trinajstić information content (AvgIpc) is 2.37. The number of nitrogens with zero attached hydrogens (tertiary/aromatic N) is 2. The highest BCUT2D eigenvalue weighted by molar-refractivity contribution is 9.10. The lowest BCUT2D eigenvalue weighted by molar-refractivity contribution is 0.318. The molecule has 1 aromatic carbocycles. The van der Waals surface area contributed by atoms with Crippen LogP contribution in [-0.2, 0) is 0 Å². The summed E-state index contributed by atoms with van der Waals surface area (Å²) in [6.07, 6.45) is 2.54. The number of piperidine rings is 1. The third kappa shape index (κ3) is 2.77. The second-order valence-corrected chi connectivity index (χ2v) is 5.70. The van der Waals surface area contributed by atoms with Crippen LogP contribution in [0.25, 0.3) is 0 Å². The normalized spacial score (nSPS) is 21.1. The maximum Gasteiger partial charge on any atom is 0.171 e. The summed E-state index contributed by atoms with van der Waals surface area (Å²) in [4.78, 5) is 2.38. The van der Waals surface area contributed by atoms with Gasteiger partial charge in [-0.2, -0.15) is 0 Å². The first kappa shape index (κ1) is 13.2. The van der Waals surface area contributed by atoms with E-state index in [1.54, 1.807) is 0 Å². The molecule has 1 fully saturated rings. The maximum atomic E-state index is 8.70.